The lowest BCUT2D eigenvalue weighted by Gasteiger charge is -2.28. The van der Waals surface area contributed by atoms with E-state index in [1.807, 2.05) is 26.0 Å². The van der Waals surface area contributed by atoms with Gasteiger partial charge in [0.25, 0.3) is 0 Å². The van der Waals surface area contributed by atoms with Crippen molar-refractivity contribution in [3.8, 4) is 0 Å². The summed E-state index contributed by atoms with van der Waals surface area (Å²) >= 11 is 5.90. The normalized spacial score (nSPS) is 12.1. The molecule has 0 saturated carbocycles. The maximum absolute atomic E-state index is 12.4. The monoisotopic (exact) mass is 368 g/mol. The fraction of sp³-hybridized carbons (Fsp3) is 0.579. The first-order chi connectivity index (χ1) is 11.8. The van der Waals surface area contributed by atoms with Gasteiger partial charge < -0.3 is 15.0 Å². The molecule has 0 bridgehead atoms. The van der Waals surface area contributed by atoms with E-state index in [1.54, 1.807) is 30.9 Å². The van der Waals surface area contributed by atoms with Gasteiger partial charge in [-0.2, -0.15) is 0 Å². The molecule has 0 saturated heterocycles. The van der Waals surface area contributed by atoms with E-state index in [4.69, 9.17) is 16.3 Å². The number of nitrogens with one attached hydrogen (secondary N) is 1. The Hall–Kier alpha value is -1.59. The molecular weight excluding hydrogens is 340 g/mol. The van der Waals surface area contributed by atoms with Gasteiger partial charge in [-0.05, 0) is 44.9 Å². The van der Waals surface area contributed by atoms with Crippen molar-refractivity contribution in [3.05, 3.63) is 34.9 Å². The van der Waals surface area contributed by atoms with Gasteiger partial charge in [0.05, 0.1) is 6.10 Å². The highest BCUT2D eigenvalue weighted by Gasteiger charge is 2.24. The Morgan fingerprint density at radius 1 is 1.20 bits per heavy atom. The Kier molecular flexibility index (Phi) is 9.53. The zero-order valence-electron chi connectivity index (χ0n) is 15.5. The van der Waals surface area contributed by atoms with Crippen LogP contribution in [0.1, 0.15) is 46.1 Å². The fourth-order valence-electron chi connectivity index (χ4n) is 2.32. The summed E-state index contributed by atoms with van der Waals surface area (Å²) in [5.74, 6) is -0.207. The number of nitrogens with zero attached hydrogens (tertiary/aromatic N) is 1. The van der Waals surface area contributed by atoms with Crippen molar-refractivity contribution in [1.82, 2.24) is 10.2 Å². The maximum Gasteiger partial charge on any atom is 0.242 e. The molecule has 0 heterocycles. The number of hydrogen-bond acceptors (Lipinski definition) is 3. The second-order valence-electron chi connectivity index (χ2n) is 6.24. The minimum Gasteiger partial charge on any atom is -0.379 e. The van der Waals surface area contributed by atoms with Gasteiger partial charge in [-0.25, -0.2) is 0 Å². The van der Waals surface area contributed by atoms with Crippen LogP contribution in [0.25, 0.3) is 0 Å². The van der Waals surface area contributed by atoms with E-state index < -0.39 is 6.04 Å². The fourth-order valence-corrected chi connectivity index (χ4v) is 2.45. The van der Waals surface area contributed by atoms with Crippen LogP contribution in [0.4, 0.5) is 0 Å². The van der Waals surface area contributed by atoms with Crippen molar-refractivity contribution in [2.75, 3.05) is 13.2 Å². The van der Waals surface area contributed by atoms with E-state index in [0.717, 1.165) is 12.0 Å². The number of hydrogen-bond donors (Lipinski definition) is 1. The summed E-state index contributed by atoms with van der Waals surface area (Å²) in [6.45, 7) is 9.03. The molecule has 0 aliphatic rings. The second-order valence-corrected chi connectivity index (χ2v) is 6.68. The summed E-state index contributed by atoms with van der Waals surface area (Å²) < 4.78 is 5.45. The number of amides is 2. The average molecular weight is 369 g/mol. The van der Waals surface area contributed by atoms with Crippen molar-refractivity contribution in [3.63, 3.8) is 0 Å². The number of carbonyl (C=O) groups excluding carboxylic acids is 2. The van der Waals surface area contributed by atoms with E-state index in [9.17, 15) is 9.59 Å². The summed E-state index contributed by atoms with van der Waals surface area (Å²) in [6.07, 6.45) is 1.29. The number of benzene rings is 1. The predicted molar refractivity (Wildman–Crippen MR) is 100 cm³/mol. The molecule has 1 rings (SSSR count). The Bertz CT molecular complexity index is 546. The molecule has 0 aliphatic heterocycles. The third-order valence-corrected chi connectivity index (χ3v) is 4.06. The van der Waals surface area contributed by atoms with Gasteiger partial charge in [0, 0.05) is 31.1 Å². The van der Waals surface area contributed by atoms with Gasteiger partial charge in [0.1, 0.15) is 6.04 Å². The van der Waals surface area contributed by atoms with Gasteiger partial charge in [-0.1, -0.05) is 30.7 Å². The smallest absolute Gasteiger partial charge is 0.242 e. The molecule has 0 aromatic heterocycles. The van der Waals surface area contributed by atoms with E-state index in [0.29, 0.717) is 31.1 Å². The van der Waals surface area contributed by atoms with E-state index in [2.05, 4.69) is 5.32 Å². The Balaban J connectivity index is 2.60. The number of rotatable bonds is 10. The van der Waals surface area contributed by atoms with Gasteiger partial charge in [-0.3, -0.25) is 9.59 Å². The van der Waals surface area contributed by atoms with Gasteiger partial charge >= 0.3 is 0 Å². The Morgan fingerprint density at radius 3 is 2.40 bits per heavy atom. The number of carbonyl (C=O) groups is 2. The highest BCUT2D eigenvalue weighted by atomic mass is 35.5. The van der Waals surface area contributed by atoms with Gasteiger partial charge in [0.15, 0.2) is 0 Å². The zero-order valence-corrected chi connectivity index (χ0v) is 16.3. The quantitative estimate of drug-likeness (QED) is 0.644. The van der Waals surface area contributed by atoms with Crippen LogP contribution in [0.15, 0.2) is 24.3 Å². The summed E-state index contributed by atoms with van der Waals surface area (Å²) in [5, 5.41) is 3.52. The number of halogens is 1. The lowest BCUT2D eigenvalue weighted by Crippen LogP contribution is -2.47. The molecule has 25 heavy (non-hydrogen) atoms. The molecule has 0 radical (unpaired) electrons. The predicted octanol–water partition coefficient (Wildman–Crippen LogP) is 3.40. The molecule has 5 nitrogen and oxygen atoms in total. The van der Waals surface area contributed by atoms with Crippen LogP contribution in [-0.4, -0.2) is 42.0 Å². The first kappa shape index (κ1) is 21.5. The largest absolute Gasteiger partial charge is 0.379 e. The second kappa shape index (κ2) is 11.1. The van der Waals surface area contributed by atoms with Crippen LogP contribution in [0.2, 0.25) is 5.02 Å². The van der Waals surface area contributed by atoms with Crippen molar-refractivity contribution in [2.24, 2.45) is 0 Å². The van der Waals surface area contributed by atoms with Crippen LogP contribution >= 0.6 is 11.6 Å². The highest BCUT2D eigenvalue weighted by molar-refractivity contribution is 6.30. The summed E-state index contributed by atoms with van der Waals surface area (Å²) in [6, 6.07) is 6.77. The highest BCUT2D eigenvalue weighted by Crippen LogP contribution is 2.14. The molecule has 0 spiro atoms. The third-order valence-electron chi connectivity index (χ3n) is 3.81. The molecule has 0 unspecified atom stereocenters. The molecule has 1 N–H and O–H groups in total. The van der Waals surface area contributed by atoms with Gasteiger partial charge in [0.2, 0.25) is 11.8 Å². The molecule has 1 aromatic carbocycles. The molecule has 0 fully saturated rings. The van der Waals surface area contributed by atoms with Crippen LogP contribution < -0.4 is 5.32 Å². The van der Waals surface area contributed by atoms with E-state index >= 15 is 0 Å². The SMILES string of the molecule is CCC(=O)N(Cc1ccc(Cl)cc1)[C@@H](C)C(=O)NCCCOC(C)C. The van der Waals surface area contributed by atoms with Crippen molar-refractivity contribution < 1.29 is 14.3 Å². The average Bonchev–Trinajstić information content (AvgIpc) is 2.59. The van der Waals surface area contributed by atoms with Crippen LogP contribution in [-0.2, 0) is 20.9 Å². The van der Waals surface area contributed by atoms with Crippen molar-refractivity contribution >= 4 is 23.4 Å². The van der Waals surface area contributed by atoms with Crippen molar-refractivity contribution in [2.45, 2.75) is 59.2 Å². The van der Waals surface area contributed by atoms with Crippen molar-refractivity contribution in [1.29, 1.82) is 0 Å². The molecule has 1 aromatic rings. The topological polar surface area (TPSA) is 58.6 Å². The Morgan fingerprint density at radius 2 is 1.84 bits per heavy atom. The molecule has 0 aliphatic carbocycles. The lowest BCUT2D eigenvalue weighted by molar-refractivity contribution is -0.140. The van der Waals surface area contributed by atoms with Crippen LogP contribution in [0.5, 0.6) is 0 Å². The summed E-state index contributed by atoms with van der Waals surface area (Å²) in [4.78, 5) is 26.3. The first-order valence-electron chi connectivity index (χ1n) is 8.78. The molecule has 6 heteroatoms. The van der Waals surface area contributed by atoms with Crippen LogP contribution in [0.3, 0.4) is 0 Å². The minimum atomic E-state index is -0.533. The molecule has 2 amide bonds. The van der Waals surface area contributed by atoms with Crippen LogP contribution in [0, 0.1) is 0 Å². The number of ether oxygens (including phenoxy) is 1. The molecular formula is C19H29ClN2O3. The summed E-state index contributed by atoms with van der Waals surface area (Å²) in [5.41, 5.74) is 0.941. The molecule has 140 valence electrons. The maximum atomic E-state index is 12.4. The summed E-state index contributed by atoms with van der Waals surface area (Å²) in [7, 11) is 0. The standard InChI is InChI=1S/C19H29ClN2O3/c1-5-18(23)22(13-16-7-9-17(20)10-8-16)15(4)19(24)21-11-6-12-25-14(2)3/h7-10,14-15H,5-6,11-13H2,1-4H3,(H,21,24)/t15-/m0/s1. The van der Waals surface area contributed by atoms with Gasteiger partial charge in [-0.15, -0.1) is 0 Å². The lowest BCUT2D eigenvalue weighted by atomic mass is 10.1. The Labute approximate surface area is 155 Å². The zero-order chi connectivity index (χ0) is 18.8. The van der Waals surface area contributed by atoms with E-state index in [1.165, 1.54) is 0 Å². The van der Waals surface area contributed by atoms with E-state index in [-0.39, 0.29) is 17.9 Å². The first-order valence-corrected chi connectivity index (χ1v) is 9.16. The third kappa shape index (κ3) is 7.88. The minimum absolute atomic E-state index is 0.0549. The molecule has 1 atom stereocenters.